The molecule has 0 saturated carbocycles. The number of hydrogen-bond acceptors (Lipinski definition) is 15. The van der Waals surface area contributed by atoms with E-state index in [9.17, 15) is 43.2 Å². The highest BCUT2D eigenvalue weighted by Crippen LogP contribution is 2.45. The Morgan fingerprint density at radius 2 is 0.580 bits per heavy atom. The molecule has 0 aliphatic carbocycles. The van der Waals surface area contributed by atoms with Gasteiger partial charge in [-0.05, 0) is 37.5 Å². The third kappa shape index (κ3) is 61.6. The van der Waals surface area contributed by atoms with Gasteiger partial charge in [0.25, 0.3) is 0 Å². The maximum atomic E-state index is 13.0. The van der Waals surface area contributed by atoms with Gasteiger partial charge in [0, 0.05) is 25.7 Å². The van der Waals surface area contributed by atoms with Gasteiger partial charge in [0.2, 0.25) is 0 Å². The first-order valence-corrected chi connectivity index (χ1v) is 39.0. The van der Waals surface area contributed by atoms with Gasteiger partial charge in [0.1, 0.15) is 19.3 Å². The van der Waals surface area contributed by atoms with E-state index in [0.717, 1.165) is 108 Å². The summed E-state index contributed by atoms with van der Waals surface area (Å²) in [5.41, 5.74) is 0. The van der Waals surface area contributed by atoms with E-state index in [-0.39, 0.29) is 25.7 Å². The van der Waals surface area contributed by atoms with Crippen molar-refractivity contribution in [1.82, 2.24) is 0 Å². The second kappa shape index (κ2) is 61.3. The Bertz CT molecular complexity index is 1720. The van der Waals surface area contributed by atoms with Crippen LogP contribution in [0.4, 0.5) is 0 Å². The van der Waals surface area contributed by atoms with Crippen molar-refractivity contribution in [3.05, 3.63) is 0 Å². The van der Waals surface area contributed by atoms with Crippen LogP contribution >= 0.6 is 15.6 Å². The number of hydrogen-bond donors (Lipinski definition) is 3. The van der Waals surface area contributed by atoms with E-state index >= 15 is 0 Å². The second-order valence-corrected chi connectivity index (χ2v) is 28.5. The number of carbonyl (C=O) groups excluding carboxylic acids is 4. The van der Waals surface area contributed by atoms with E-state index in [4.69, 9.17) is 37.0 Å². The molecule has 0 spiro atoms. The molecule has 0 amide bonds. The Hall–Kier alpha value is -1.94. The van der Waals surface area contributed by atoms with Gasteiger partial charge in [-0.25, -0.2) is 9.13 Å². The molecule has 0 heterocycles. The van der Waals surface area contributed by atoms with Crippen LogP contribution in [0.5, 0.6) is 0 Å². The normalized spacial score (nSPS) is 14.5. The zero-order valence-corrected chi connectivity index (χ0v) is 58.8. The average molecular weight is 1300 g/mol. The van der Waals surface area contributed by atoms with Crippen LogP contribution in [-0.2, 0) is 65.4 Å². The third-order valence-electron chi connectivity index (χ3n) is 16.3. The molecule has 0 aromatic carbocycles. The van der Waals surface area contributed by atoms with Crippen LogP contribution in [0.25, 0.3) is 0 Å². The van der Waals surface area contributed by atoms with Crippen LogP contribution in [0, 0.1) is 11.8 Å². The fourth-order valence-electron chi connectivity index (χ4n) is 10.4. The van der Waals surface area contributed by atoms with Gasteiger partial charge in [-0.2, -0.15) is 0 Å². The number of unbranched alkanes of at least 4 members (excludes halogenated alkanes) is 37. The summed E-state index contributed by atoms with van der Waals surface area (Å²) in [4.78, 5) is 72.1. The third-order valence-corrected chi connectivity index (χ3v) is 18.2. The highest BCUT2D eigenvalue weighted by atomic mass is 31.2. The van der Waals surface area contributed by atoms with Gasteiger partial charge < -0.3 is 33.8 Å². The zero-order chi connectivity index (χ0) is 65.0. The minimum Gasteiger partial charge on any atom is -0.462 e. The molecule has 522 valence electrons. The van der Waals surface area contributed by atoms with Crippen LogP contribution in [-0.4, -0.2) is 96.7 Å². The molecule has 0 aromatic rings. The molecule has 0 radical (unpaired) electrons. The number of ether oxygens (including phenoxy) is 4. The highest BCUT2D eigenvalue weighted by Gasteiger charge is 2.30. The summed E-state index contributed by atoms with van der Waals surface area (Å²) in [7, 11) is -9.88. The fourth-order valence-corrected chi connectivity index (χ4v) is 12.0. The van der Waals surface area contributed by atoms with Crippen molar-refractivity contribution < 1.29 is 80.2 Å². The van der Waals surface area contributed by atoms with Crippen molar-refractivity contribution in [2.24, 2.45) is 11.8 Å². The van der Waals surface area contributed by atoms with E-state index in [2.05, 4.69) is 41.5 Å². The number of aliphatic hydroxyl groups is 1. The minimum atomic E-state index is -4.95. The summed E-state index contributed by atoms with van der Waals surface area (Å²) in [5, 5.41) is 10.5. The van der Waals surface area contributed by atoms with Crippen molar-refractivity contribution >= 4 is 39.5 Å². The fraction of sp³-hybridized carbons (Fsp3) is 0.942. The number of phosphoric ester groups is 2. The summed E-state index contributed by atoms with van der Waals surface area (Å²) >= 11 is 0. The maximum absolute atomic E-state index is 13.0. The molecular formula is C69H134O17P2. The number of phosphoric acid groups is 2. The molecule has 0 bridgehead atoms. The lowest BCUT2D eigenvalue weighted by molar-refractivity contribution is -0.161. The first kappa shape index (κ1) is 86.1. The number of aliphatic hydroxyl groups excluding tert-OH is 1. The Morgan fingerprint density at radius 3 is 0.864 bits per heavy atom. The largest absolute Gasteiger partial charge is 0.472 e. The number of rotatable bonds is 68. The summed E-state index contributed by atoms with van der Waals surface area (Å²) < 4.78 is 67.9. The molecule has 0 aliphatic heterocycles. The number of esters is 4. The van der Waals surface area contributed by atoms with Crippen LogP contribution in [0.1, 0.15) is 350 Å². The predicted octanol–water partition coefficient (Wildman–Crippen LogP) is 19.6. The van der Waals surface area contributed by atoms with Crippen molar-refractivity contribution in [2.45, 2.75) is 368 Å². The minimum absolute atomic E-state index is 0.105. The smallest absolute Gasteiger partial charge is 0.462 e. The van der Waals surface area contributed by atoms with Crippen LogP contribution in [0.2, 0.25) is 0 Å². The topological polar surface area (TPSA) is 237 Å². The molecule has 0 fully saturated rings. The lowest BCUT2D eigenvalue weighted by Gasteiger charge is -2.21. The first-order chi connectivity index (χ1) is 42.4. The van der Waals surface area contributed by atoms with Crippen LogP contribution in [0.15, 0.2) is 0 Å². The van der Waals surface area contributed by atoms with E-state index in [1.54, 1.807) is 0 Å². The summed E-state index contributed by atoms with van der Waals surface area (Å²) in [5.74, 6) is -0.542. The van der Waals surface area contributed by atoms with Gasteiger partial charge in [0.05, 0.1) is 26.4 Å². The van der Waals surface area contributed by atoms with Crippen LogP contribution in [0.3, 0.4) is 0 Å². The maximum Gasteiger partial charge on any atom is 0.472 e. The molecular weight excluding hydrogens is 1160 g/mol. The first-order valence-electron chi connectivity index (χ1n) is 36.0. The van der Waals surface area contributed by atoms with E-state index in [0.29, 0.717) is 25.7 Å². The molecule has 0 saturated heterocycles. The highest BCUT2D eigenvalue weighted by molar-refractivity contribution is 7.47. The molecule has 17 nitrogen and oxygen atoms in total. The van der Waals surface area contributed by atoms with Gasteiger partial charge in [-0.1, -0.05) is 298 Å². The Kier molecular flexibility index (Phi) is 59.9. The summed E-state index contributed by atoms with van der Waals surface area (Å²) in [6.45, 7) is 9.47. The van der Waals surface area contributed by atoms with E-state index < -0.39 is 97.5 Å². The molecule has 3 unspecified atom stereocenters. The summed E-state index contributed by atoms with van der Waals surface area (Å²) in [6, 6.07) is 0. The second-order valence-electron chi connectivity index (χ2n) is 25.6. The monoisotopic (exact) mass is 1300 g/mol. The lowest BCUT2D eigenvalue weighted by Crippen LogP contribution is -2.30. The Labute approximate surface area is 537 Å². The molecule has 3 N–H and O–H groups in total. The quantitative estimate of drug-likeness (QED) is 0.0222. The standard InChI is InChI=1S/C69H134O17P2/c1-7-10-12-14-15-16-28-35-41-47-53-68(73)85-64(57-79-66(71)51-45-37-13-11-8-2)59-83-87(75,76)81-55-63(70)56-82-88(77,78)84-60-65(58-80-67(72)52-46-40-34-31-30-32-38-43-49-61(4)5)86-69(74)54-48-42-36-29-26-24-22-20-18-17-19-21-23-25-27-33-39-44-50-62(6)9-3/h61-65,70H,7-60H2,1-6H3,(H,75,76)(H,77,78)/t62?,63-,64+,65+/m0/s1. The lowest BCUT2D eigenvalue weighted by atomic mass is 9.99. The predicted molar refractivity (Wildman–Crippen MR) is 354 cm³/mol. The molecule has 88 heavy (non-hydrogen) atoms. The van der Waals surface area contributed by atoms with Crippen molar-refractivity contribution in [3.63, 3.8) is 0 Å². The Balaban J connectivity index is 5.07. The average Bonchev–Trinajstić information content (AvgIpc) is 3.62. The van der Waals surface area contributed by atoms with Gasteiger partial charge in [0.15, 0.2) is 12.2 Å². The molecule has 6 atom stereocenters. The van der Waals surface area contributed by atoms with Crippen molar-refractivity contribution in [1.29, 1.82) is 0 Å². The van der Waals surface area contributed by atoms with Crippen molar-refractivity contribution in [3.8, 4) is 0 Å². The van der Waals surface area contributed by atoms with E-state index in [1.807, 2.05) is 0 Å². The van der Waals surface area contributed by atoms with Gasteiger partial charge in [-0.3, -0.25) is 37.3 Å². The molecule has 0 rings (SSSR count). The summed E-state index contributed by atoms with van der Waals surface area (Å²) in [6.07, 6.45) is 46.3. The van der Waals surface area contributed by atoms with E-state index in [1.165, 1.54) is 161 Å². The zero-order valence-electron chi connectivity index (χ0n) is 57.0. The Morgan fingerprint density at radius 1 is 0.330 bits per heavy atom. The van der Waals surface area contributed by atoms with Crippen molar-refractivity contribution in [2.75, 3.05) is 39.6 Å². The van der Waals surface area contributed by atoms with Gasteiger partial charge in [-0.15, -0.1) is 0 Å². The SMILES string of the molecule is CCCCCCCCCCCCC(=O)O[C@H](COC(=O)CCCCCCC)COP(=O)(O)OC[C@H](O)COP(=O)(O)OC[C@@H](COC(=O)CCCCCCCCCCC(C)C)OC(=O)CCCCCCCCCCCCCCCCCCCCC(C)CC. The molecule has 19 heteroatoms. The molecule has 0 aliphatic rings. The number of carbonyl (C=O) groups is 4. The van der Waals surface area contributed by atoms with Gasteiger partial charge >= 0.3 is 39.5 Å². The van der Waals surface area contributed by atoms with Crippen LogP contribution < -0.4 is 0 Å². The molecule has 0 aromatic heterocycles.